The van der Waals surface area contributed by atoms with Crippen LogP contribution in [0, 0.1) is 0 Å². The van der Waals surface area contributed by atoms with Crippen LogP contribution in [0.1, 0.15) is 5.56 Å². The number of hydrogen-bond acceptors (Lipinski definition) is 2. The molecular formula is C17H12BrCl2N3. The minimum absolute atomic E-state index is 0.541. The van der Waals surface area contributed by atoms with Crippen molar-refractivity contribution < 1.29 is 0 Å². The van der Waals surface area contributed by atoms with Gasteiger partial charge in [-0.1, -0.05) is 47.5 Å². The van der Waals surface area contributed by atoms with E-state index in [1.165, 1.54) is 5.56 Å². The highest BCUT2D eigenvalue weighted by atomic mass is 79.9. The lowest BCUT2D eigenvalue weighted by molar-refractivity contribution is 0.878. The summed E-state index contributed by atoms with van der Waals surface area (Å²) in [5.74, 6) is 1.02. The van der Waals surface area contributed by atoms with Crippen LogP contribution in [-0.2, 0) is 6.42 Å². The summed E-state index contributed by atoms with van der Waals surface area (Å²) in [6.45, 7) is 0.892. The first-order valence-corrected chi connectivity index (χ1v) is 8.77. The van der Waals surface area contributed by atoms with Gasteiger partial charge in [0.1, 0.15) is 5.82 Å². The summed E-state index contributed by atoms with van der Waals surface area (Å²) in [5, 5.41) is 9.32. The van der Waals surface area contributed by atoms with E-state index < -0.39 is 0 Å². The Morgan fingerprint density at radius 2 is 1.91 bits per heavy atom. The van der Waals surface area contributed by atoms with Crippen LogP contribution in [0.25, 0.3) is 16.9 Å². The molecule has 2 heterocycles. The summed E-state index contributed by atoms with van der Waals surface area (Å²) in [5.41, 5.74) is 3.91. The fourth-order valence-electron chi connectivity index (χ4n) is 2.88. The molecule has 3 nitrogen and oxygen atoms in total. The molecule has 0 aliphatic carbocycles. The lowest BCUT2D eigenvalue weighted by Gasteiger charge is -2.08. The second-order valence-corrected chi connectivity index (χ2v) is 6.96. The minimum Gasteiger partial charge on any atom is -0.369 e. The summed E-state index contributed by atoms with van der Waals surface area (Å²) in [7, 11) is 0. The normalized spacial score (nSPS) is 13.0. The van der Waals surface area contributed by atoms with Crippen molar-refractivity contribution >= 4 is 44.9 Å². The molecule has 0 saturated heterocycles. The SMILES string of the molecule is Clc1cccc(-c2nn(-c3ccccc3Br)c3c2CCN3)c1Cl. The number of hydrogen-bond donors (Lipinski definition) is 1. The molecule has 116 valence electrons. The van der Waals surface area contributed by atoms with E-state index in [0.717, 1.165) is 40.2 Å². The van der Waals surface area contributed by atoms with Gasteiger partial charge in [-0.3, -0.25) is 0 Å². The number of nitrogens with one attached hydrogen (secondary N) is 1. The zero-order chi connectivity index (χ0) is 16.0. The van der Waals surface area contributed by atoms with Crippen molar-refractivity contribution in [1.82, 2.24) is 9.78 Å². The van der Waals surface area contributed by atoms with Gasteiger partial charge in [-0.15, -0.1) is 0 Å². The third-order valence-electron chi connectivity index (χ3n) is 3.94. The largest absolute Gasteiger partial charge is 0.369 e. The molecule has 1 aliphatic rings. The number of anilines is 1. The van der Waals surface area contributed by atoms with Crippen molar-refractivity contribution in [3.05, 3.63) is 62.5 Å². The van der Waals surface area contributed by atoms with E-state index in [1.54, 1.807) is 6.07 Å². The summed E-state index contributed by atoms with van der Waals surface area (Å²) < 4.78 is 2.92. The first-order valence-electron chi connectivity index (χ1n) is 7.22. The second-order valence-electron chi connectivity index (χ2n) is 5.32. The van der Waals surface area contributed by atoms with Crippen molar-refractivity contribution in [1.29, 1.82) is 0 Å². The smallest absolute Gasteiger partial charge is 0.133 e. The van der Waals surface area contributed by atoms with Crippen LogP contribution in [0.5, 0.6) is 0 Å². The molecule has 6 heteroatoms. The van der Waals surface area contributed by atoms with Gasteiger partial charge in [-0.2, -0.15) is 5.10 Å². The molecule has 0 unspecified atom stereocenters. The molecule has 3 aromatic rings. The highest BCUT2D eigenvalue weighted by molar-refractivity contribution is 9.10. The Morgan fingerprint density at radius 3 is 2.74 bits per heavy atom. The first-order chi connectivity index (χ1) is 11.2. The Morgan fingerprint density at radius 1 is 1.09 bits per heavy atom. The number of nitrogens with zero attached hydrogens (tertiary/aromatic N) is 2. The average molecular weight is 409 g/mol. The van der Waals surface area contributed by atoms with Crippen molar-refractivity contribution in [2.24, 2.45) is 0 Å². The van der Waals surface area contributed by atoms with Crippen molar-refractivity contribution in [3.8, 4) is 16.9 Å². The predicted molar refractivity (Wildman–Crippen MR) is 98.9 cm³/mol. The number of para-hydroxylation sites is 1. The lowest BCUT2D eigenvalue weighted by atomic mass is 10.1. The fourth-order valence-corrected chi connectivity index (χ4v) is 3.72. The Labute approximate surface area is 152 Å². The van der Waals surface area contributed by atoms with Gasteiger partial charge in [-0.05, 0) is 40.5 Å². The summed E-state index contributed by atoms with van der Waals surface area (Å²) in [6.07, 6.45) is 0.915. The predicted octanol–water partition coefficient (Wildman–Crippen LogP) is 5.58. The van der Waals surface area contributed by atoms with Gasteiger partial charge in [0.25, 0.3) is 0 Å². The van der Waals surface area contributed by atoms with E-state index in [4.69, 9.17) is 28.3 Å². The number of halogens is 3. The van der Waals surface area contributed by atoms with Gasteiger partial charge >= 0.3 is 0 Å². The Kier molecular flexibility index (Phi) is 3.84. The molecule has 1 aliphatic heterocycles. The molecule has 2 aromatic carbocycles. The van der Waals surface area contributed by atoms with Gasteiger partial charge in [0.15, 0.2) is 0 Å². The van der Waals surface area contributed by atoms with Crippen molar-refractivity contribution in [2.45, 2.75) is 6.42 Å². The molecule has 4 rings (SSSR count). The average Bonchev–Trinajstić information content (AvgIpc) is 3.13. The lowest BCUT2D eigenvalue weighted by Crippen LogP contribution is -2.04. The van der Waals surface area contributed by atoms with E-state index in [2.05, 4.69) is 21.2 Å². The molecule has 0 atom stereocenters. The number of rotatable bonds is 2. The maximum absolute atomic E-state index is 6.41. The maximum Gasteiger partial charge on any atom is 0.133 e. The van der Waals surface area contributed by atoms with Crippen LogP contribution >= 0.6 is 39.1 Å². The standard InChI is InChI=1S/C17H12BrCl2N3/c18-12-5-1-2-7-14(12)23-17-11(8-9-21-17)16(22-23)10-4-3-6-13(19)15(10)20/h1-7,21H,8-9H2. The second kappa shape index (κ2) is 5.86. The third-order valence-corrected chi connectivity index (χ3v) is 5.43. The molecule has 0 saturated carbocycles. The van der Waals surface area contributed by atoms with E-state index in [9.17, 15) is 0 Å². The van der Waals surface area contributed by atoms with Crippen LogP contribution in [0.3, 0.4) is 0 Å². The highest BCUT2D eigenvalue weighted by Crippen LogP contribution is 2.40. The minimum atomic E-state index is 0.541. The van der Waals surface area contributed by atoms with Gasteiger partial charge in [0, 0.05) is 22.1 Å². The van der Waals surface area contributed by atoms with E-state index in [-0.39, 0.29) is 0 Å². The zero-order valence-corrected chi connectivity index (χ0v) is 15.1. The number of aromatic nitrogens is 2. The van der Waals surface area contributed by atoms with Crippen molar-refractivity contribution in [2.75, 3.05) is 11.9 Å². The molecule has 0 fully saturated rings. The Bertz CT molecular complexity index is 905. The van der Waals surface area contributed by atoms with Gasteiger partial charge < -0.3 is 5.32 Å². The highest BCUT2D eigenvalue weighted by Gasteiger charge is 2.26. The molecular weight excluding hydrogens is 397 g/mol. The summed E-state index contributed by atoms with van der Waals surface area (Å²) in [4.78, 5) is 0. The molecule has 0 radical (unpaired) electrons. The Balaban J connectivity index is 1.96. The van der Waals surface area contributed by atoms with Crippen LogP contribution in [0.15, 0.2) is 46.9 Å². The molecule has 0 spiro atoms. The van der Waals surface area contributed by atoms with E-state index in [1.807, 2.05) is 41.1 Å². The molecule has 23 heavy (non-hydrogen) atoms. The molecule has 1 aromatic heterocycles. The van der Waals surface area contributed by atoms with Crippen molar-refractivity contribution in [3.63, 3.8) is 0 Å². The van der Waals surface area contributed by atoms with Gasteiger partial charge in [0.05, 0.1) is 21.4 Å². The number of benzene rings is 2. The van der Waals surface area contributed by atoms with Gasteiger partial charge in [-0.25, -0.2) is 4.68 Å². The maximum atomic E-state index is 6.41. The monoisotopic (exact) mass is 407 g/mol. The van der Waals surface area contributed by atoms with Crippen LogP contribution in [-0.4, -0.2) is 16.3 Å². The van der Waals surface area contributed by atoms with Crippen LogP contribution in [0.2, 0.25) is 10.0 Å². The third kappa shape index (κ3) is 2.45. The van der Waals surface area contributed by atoms with Gasteiger partial charge in [0.2, 0.25) is 0 Å². The molecule has 0 bridgehead atoms. The number of fused-ring (bicyclic) bond motifs is 1. The van der Waals surface area contributed by atoms with Crippen LogP contribution in [0.4, 0.5) is 5.82 Å². The molecule has 1 N–H and O–H groups in total. The fraction of sp³-hybridized carbons (Fsp3) is 0.118. The Hall–Kier alpha value is -1.49. The molecule has 0 amide bonds. The van der Waals surface area contributed by atoms with E-state index in [0.29, 0.717) is 10.0 Å². The van der Waals surface area contributed by atoms with Crippen LogP contribution < -0.4 is 5.32 Å². The topological polar surface area (TPSA) is 29.9 Å². The first kappa shape index (κ1) is 15.1. The van der Waals surface area contributed by atoms with E-state index >= 15 is 0 Å². The quantitative estimate of drug-likeness (QED) is 0.600. The summed E-state index contributed by atoms with van der Waals surface area (Å²) >= 11 is 16.2. The zero-order valence-electron chi connectivity index (χ0n) is 12.0. The summed E-state index contributed by atoms with van der Waals surface area (Å²) in [6, 6.07) is 13.7.